The van der Waals surface area contributed by atoms with Crippen LogP contribution in [0.15, 0.2) is 34.8 Å². The fourth-order valence-corrected chi connectivity index (χ4v) is 2.65. The van der Waals surface area contributed by atoms with Gasteiger partial charge in [0.25, 0.3) is 0 Å². The van der Waals surface area contributed by atoms with Gasteiger partial charge in [-0.3, -0.25) is 0 Å². The molecule has 2 aromatic carbocycles. The third kappa shape index (κ3) is 3.44. The molecule has 0 aliphatic heterocycles. The molecule has 0 radical (unpaired) electrons. The average Bonchev–Trinajstić information content (AvgIpc) is 2.43. The first-order chi connectivity index (χ1) is 9.92. The largest absolute Gasteiger partial charge is 0.456 e. The molecule has 108 valence electrons. The summed E-state index contributed by atoms with van der Waals surface area (Å²) in [5.41, 5.74) is 9.44. The smallest absolute Gasteiger partial charge is 0.141 e. The maximum atomic E-state index is 8.98. The molecular weight excluding hydrogens is 328 g/mol. The van der Waals surface area contributed by atoms with Crippen LogP contribution in [-0.2, 0) is 0 Å². The first kappa shape index (κ1) is 15.6. The van der Waals surface area contributed by atoms with Gasteiger partial charge in [-0.25, -0.2) is 0 Å². The van der Waals surface area contributed by atoms with Gasteiger partial charge in [0.1, 0.15) is 11.5 Å². The van der Waals surface area contributed by atoms with Crippen molar-refractivity contribution in [2.45, 2.75) is 26.8 Å². The summed E-state index contributed by atoms with van der Waals surface area (Å²) in [7, 11) is 0. The molecule has 0 heterocycles. The molecule has 0 saturated carbocycles. The number of nitriles is 1. The zero-order valence-electron chi connectivity index (χ0n) is 12.3. The highest BCUT2D eigenvalue weighted by Gasteiger charge is 2.11. The molecular formula is C17H17BrN2O. The Kier molecular flexibility index (Phi) is 4.66. The lowest BCUT2D eigenvalue weighted by Crippen LogP contribution is -2.04. The van der Waals surface area contributed by atoms with Gasteiger partial charge in [0.2, 0.25) is 0 Å². The molecule has 2 rings (SSSR count). The van der Waals surface area contributed by atoms with Crippen LogP contribution in [0.1, 0.15) is 35.2 Å². The number of rotatable bonds is 3. The molecule has 3 nitrogen and oxygen atoms in total. The summed E-state index contributed by atoms with van der Waals surface area (Å²) in [5, 5.41) is 8.98. The first-order valence-electron chi connectivity index (χ1n) is 6.66. The second kappa shape index (κ2) is 6.30. The summed E-state index contributed by atoms with van der Waals surface area (Å²) in [6.07, 6.45) is 0. The van der Waals surface area contributed by atoms with Crippen molar-refractivity contribution in [2.75, 3.05) is 0 Å². The van der Waals surface area contributed by atoms with Crippen LogP contribution in [0.4, 0.5) is 0 Å². The van der Waals surface area contributed by atoms with E-state index >= 15 is 0 Å². The van der Waals surface area contributed by atoms with E-state index < -0.39 is 0 Å². The Labute approximate surface area is 133 Å². The van der Waals surface area contributed by atoms with Gasteiger partial charge in [0.05, 0.1) is 16.1 Å². The quantitative estimate of drug-likeness (QED) is 0.873. The van der Waals surface area contributed by atoms with Crippen LogP contribution >= 0.6 is 15.9 Å². The van der Waals surface area contributed by atoms with Crippen molar-refractivity contribution in [3.05, 3.63) is 57.1 Å². The summed E-state index contributed by atoms with van der Waals surface area (Å²) in [6, 6.07) is 11.6. The van der Waals surface area contributed by atoms with E-state index in [1.807, 2.05) is 51.1 Å². The number of nitrogens with two attached hydrogens (primary N) is 1. The Morgan fingerprint density at radius 1 is 1.19 bits per heavy atom. The number of benzene rings is 2. The second-order valence-electron chi connectivity index (χ2n) is 5.13. The van der Waals surface area contributed by atoms with Gasteiger partial charge < -0.3 is 10.5 Å². The van der Waals surface area contributed by atoms with E-state index in [1.54, 1.807) is 0 Å². The number of ether oxygens (including phenoxy) is 1. The molecule has 1 atom stereocenters. The molecule has 2 aromatic rings. The molecule has 2 N–H and O–H groups in total. The number of hydrogen-bond acceptors (Lipinski definition) is 3. The molecule has 0 aliphatic carbocycles. The Morgan fingerprint density at radius 2 is 1.81 bits per heavy atom. The second-order valence-corrected chi connectivity index (χ2v) is 5.99. The lowest BCUT2D eigenvalue weighted by molar-refractivity contribution is 0.471. The van der Waals surface area contributed by atoms with Crippen LogP contribution in [0.25, 0.3) is 0 Å². The van der Waals surface area contributed by atoms with Crippen molar-refractivity contribution in [1.82, 2.24) is 0 Å². The highest BCUT2D eigenvalue weighted by atomic mass is 79.9. The minimum atomic E-state index is -0.0197. The van der Waals surface area contributed by atoms with Gasteiger partial charge in [-0.05, 0) is 77.7 Å². The van der Waals surface area contributed by atoms with Crippen LogP contribution in [0.5, 0.6) is 11.5 Å². The Morgan fingerprint density at radius 3 is 2.29 bits per heavy atom. The van der Waals surface area contributed by atoms with Crippen molar-refractivity contribution in [3.63, 3.8) is 0 Å². The lowest BCUT2D eigenvalue weighted by Gasteiger charge is -2.15. The summed E-state index contributed by atoms with van der Waals surface area (Å²) in [6.45, 7) is 5.82. The van der Waals surface area contributed by atoms with Gasteiger partial charge in [-0.1, -0.05) is 6.07 Å². The summed E-state index contributed by atoms with van der Waals surface area (Å²) in [5.74, 6) is 1.51. The molecule has 0 amide bonds. The van der Waals surface area contributed by atoms with Crippen molar-refractivity contribution in [1.29, 1.82) is 5.26 Å². The Bertz CT molecular complexity index is 694. The van der Waals surface area contributed by atoms with Crippen molar-refractivity contribution >= 4 is 15.9 Å². The molecule has 0 saturated heterocycles. The van der Waals surface area contributed by atoms with E-state index in [0.717, 1.165) is 32.7 Å². The normalized spacial score (nSPS) is 11.8. The zero-order chi connectivity index (χ0) is 15.6. The predicted molar refractivity (Wildman–Crippen MR) is 87.4 cm³/mol. The number of aryl methyl sites for hydroxylation is 2. The molecule has 0 aliphatic rings. The summed E-state index contributed by atoms with van der Waals surface area (Å²) < 4.78 is 6.87. The van der Waals surface area contributed by atoms with E-state index in [9.17, 15) is 0 Å². The maximum Gasteiger partial charge on any atom is 0.141 e. The zero-order valence-corrected chi connectivity index (χ0v) is 13.9. The number of halogens is 1. The molecule has 0 spiro atoms. The minimum absolute atomic E-state index is 0.0197. The molecule has 4 heteroatoms. The molecule has 0 bridgehead atoms. The van der Waals surface area contributed by atoms with Crippen molar-refractivity contribution in [3.8, 4) is 17.6 Å². The highest BCUT2D eigenvalue weighted by molar-refractivity contribution is 9.10. The third-order valence-electron chi connectivity index (χ3n) is 3.28. The summed E-state index contributed by atoms with van der Waals surface area (Å²) >= 11 is 3.52. The molecule has 0 aromatic heterocycles. The Hall–Kier alpha value is -1.83. The monoisotopic (exact) mass is 344 g/mol. The number of nitrogens with zero attached hydrogens (tertiary/aromatic N) is 1. The van der Waals surface area contributed by atoms with Crippen LogP contribution in [0, 0.1) is 25.2 Å². The number of hydrogen-bond donors (Lipinski definition) is 1. The van der Waals surface area contributed by atoms with E-state index in [4.69, 9.17) is 15.7 Å². The first-order valence-corrected chi connectivity index (χ1v) is 7.46. The van der Waals surface area contributed by atoms with E-state index in [-0.39, 0.29) is 6.04 Å². The Balaban J connectivity index is 2.37. The van der Waals surface area contributed by atoms with Gasteiger partial charge in [-0.15, -0.1) is 0 Å². The molecule has 0 unspecified atom stereocenters. The fraction of sp³-hybridized carbons (Fsp3) is 0.235. The standard InChI is InChI=1S/C17H17BrN2O/c1-10-6-13(9-19)7-11(2)17(10)21-16-5-4-14(12(3)20)8-15(16)18/h4-8,12H,20H2,1-3H3/t12-/m1/s1. The van der Waals surface area contributed by atoms with Crippen LogP contribution in [-0.4, -0.2) is 0 Å². The van der Waals surface area contributed by atoms with Crippen LogP contribution in [0.2, 0.25) is 0 Å². The van der Waals surface area contributed by atoms with E-state index in [2.05, 4.69) is 22.0 Å². The van der Waals surface area contributed by atoms with Crippen LogP contribution in [0.3, 0.4) is 0 Å². The van der Waals surface area contributed by atoms with E-state index in [1.165, 1.54) is 0 Å². The average molecular weight is 345 g/mol. The van der Waals surface area contributed by atoms with Gasteiger partial charge in [0.15, 0.2) is 0 Å². The lowest BCUT2D eigenvalue weighted by atomic mass is 10.1. The summed E-state index contributed by atoms with van der Waals surface area (Å²) in [4.78, 5) is 0. The van der Waals surface area contributed by atoms with E-state index in [0.29, 0.717) is 5.56 Å². The SMILES string of the molecule is Cc1cc(C#N)cc(C)c1Oc1ccc([C@@H](C)N)cc1Br. The maximum absolute atomic E-state index is 8.98. The van der Waals surface area contributed by atoms with Gasteiger partial charge in [-0.2, -0.15) is 5.26 Å². The fourth-order valence-electron chi connectivity index (χ4n) is 2.17. The minimum Gasteiger partial charge on any atom is -0.456 e. The highest BCUT2D eigenvalue weighted by Crippen LogP contribution is 2.35. The topological polar surface area (TPSA) is 59.0 Å². The third-order valence-corrected chi connectivity index (χ3v) is 3.90. The molecule has 0 fully saturated rings. The predicted octanol–water partition coefficient (Wildman–Crippen LogP) is 4.75. The van der Waals surface area contributed by atoms with Crippen molar-refractivity contribution < 1.29 is 4.74 Å². The molecule has 21 heavy (non-hydrogen) atoms. The van der Waals surface area contributed by atoms with Gasteiger partial charge >= 0.3 is 0 Å². The van der Waals surface area contributed by atoms with Gasteiger partial charge in [0, 0.05) is 6.04 Å². The van der Waals surface area contributed by atoms with Crippen molar-refractivity contribution in [2.24, 2.45) is 5.73 Å². The van der Waals surface area contributed by atoms with Crippen LogP contribution < -0.4 is 10.5 Å².